The molecule has 0 fully saturated rings. The molecule has 1 atom stereocenters. The number of primary amides is 1. The van der Waals surface area contributed by atoms with Crippen molar-refractivity contribution in [1.29, 1.82) is 0 Å². The Kier molecular flexibility index (Phi) is 3.94. The van der Waals surface area contributed by atoms with Crippen LogP contribution in [-0.4, -0.2) is 11.4 Å². The largest absolute Gasteiger partial charge is 0.365 e. The van der Waals surface area contributed by atoms with Crippen LogP contribution in [0.4, 0.5) is 5.69 Å². The number of hydrogen-bond donors (Lipinski definition) is 2. The van der Waals surface area contributed by atoms with Crippen LogP contribution >= 0.6 is 27.7 Å². The first-order valence-corrected chi connectivity index (χ1v) is 7.49. The maximum atomic E-state index is 11.4. The van der Waals surface area contributed by atoms with Crippen LogP contribution in [0.15, 0.2) is 27.2 Å². The summed E-state index contributed by atoms with van der Waals surface area (Å²) in [6.45, 7) is 5.93. The van der Waals surface area contributed by atoms with Gasteiger partial charge in [-0.3, -0.25) is 4.79 Å². The van der Waals surface area contributed by atoms with Crippen LogP contribution in [-0.2, 0) is 4.79 Å². The Morgan fingerprint density at radius 2 is 1.84 bits per heavy atom. The van der Waals surface area contributed by atoms with Crippen molar-refractivity contribution >= 4 is 39.3 Å². The molecule has 102 valence electrons. The van der Waals surface area contributed by atoms with Crippen molar-refractivity contribution in [1.82, 2.24) is 0 Å². The predicted molar refractivity (Wildman–Crippen MR) is 83.6 cm³/mol. The zero-order valence-electron chi connectivity index (χ0n) is 11.0. The van der Waals surface area contributed by atoms with Crippen molar-refractivity contribution in [3.8, 4) is 0 Å². The molecule has 1 aromatic carbocycles. The highest BCUT2D eigenvalue weighted by atomic mass is 79.9. The summed E-state index contributed by atoms with van der Waals surface area (Å²) < 4.78 is 1.03. The number of carbonyl (C=O) groups is 1. The van der Waals surface area contributed by atoms with Gasteiger partial charge in [-0.15, -0.1) is 0 Å². The molecule has 0 saturated heterocycles. The fraction of sp³-hybridized carbons (Fsp3) is 0.308. The van der Waals surface area contributed by atoms with Crippen molar-refractivity contribution in [3.63, 3.8) is 0 Å². The number of allylic oxidation sites excluding steroid dienone is 1. The van der Waals surface area contributed by atoms with Crippen LogP contribution in [0.25, 0.3) is 0 Å². The molecule has 0 saturated carbocycles. The molecule has 19 heavy (non-hydrogen) atoms. The maximum Gasteiger partial charge on any atom is 0.257 e. The molecule has 1 aromatic rings. The van der Waals surface area contributed by atoms with Gasteiger partial charge in [0.2, 0.25) is 0 Å². The van der Waals surface area contributed by atoms with Gasteiger partial charge in [0.05, 0.1) is 4.91 Å². The minimum absolute atomic E-state index is 0.318. The average molecular weight is 342 g/mol. The summed E-state index contributed by atoms with van der Waals surface area (Å²) in [5, 5.41) is 0. The van der Waals surface area contributed by atoms with Gasteiger partial charge in [0.25, 0.3) is 5.91 Å². The lowest BCUT2D eigenvalue weighted by atomic mass is 10.1. The first-order chi connectivity index (χ1) is 8.82. The zero-order valence-corrected chi connectivity index (χ0v) is 13.4. The zero-order chi connectivity index (χ0) is 14.3. The molecule has 0 aromatic heterocycles. The molecule has 1 unspecified atom stereocenters. The number of carbonyl (C=O) groups excluding carboxylic acids is 1. The molecular weight excluding hydrogens is 326 g/mol. The van der Waals surface area contributed by atoms with Crippen LogP contribution in [0, 0.1) is 13.8 Å². The van der Waals surface area contributed by atoms with Crippen LogP contribution in [0.5, 0.6) is 0 Å². The van der Waals surface area contributed by atoms with Gasteiger partial charge in [-0.1, -0.05) is 27.7 Å². The number of thioether (sulfide) groups is 1. The topological polar surface area (TPSA) is 72.3 Å². The Labute approximate surface area is 125 Å². The van der Waals surface area contributed by atoms with Gasteiger partial charge in [-0.05, 0) is 44.0 Å². The summed E-state index contributed by atoms with van der Waals surface area (Å²) in [6.07, 6.45) is 0. The van der Waals surface area contributed by atoms with Gasteiger partial charge in [-0.2, -0.15) is 0 Å². The first kappa shape index (κ1) is 14.4. The number of amides is 1. The van der Waals surface area contributed by atoms with E-state index in [0.717, 1.165) is 27.0 Å². The molecule has 4 N–H and O–H groups in total. The first-order valence-electron chi connectivity index (χ1n) is 5.82. The van der Waals surface area contributed by atoms with E-state index in [1.807, 2.05) is 37.8 Å². The van der Waals surface area contributed by atoms with E-state index >= 15 is 0 Å². The van der Waals surface area contributed by atoms with Crippen LogP contribution < -0.4 is 16.4 Å². The lowest BCUT2D eigenvalue weighted by Crippen LogP contribution is -2.35. The molecule has 6 heteroatoms. The normalized spacial score (nSPS) is 19.2. The summed E-state index contributed by atoms with van der Waals surface area (Å²) in [5.74, 6) is -0.423. The Balaban J connectivity index is 2.56. The molecular formula is C13H16BrN3OS. The smallest absolute Gasteiger partial charge is 0.257 e. The summed E-state index contributed by atoms with van der Waals surface area (Å²) in [5.41, 5.74) is 15.3. The van der Waals surface area contributed by atoms with Gasteiger partial charge in [-0.25, -0.2) is 0 Å². The predicted octanol–water partition coefficient (Wildman–Crippen LogP) is 2.58. The van der Waals surface area contributed by atoms with E-state index in [2.05, 4.69) is 15.9 Å². The highest BCUT2D eigenvalue weighted by Gasteiger charge is 2.32. The average Bonchev–Trinajstić information content (AvgIpc) is 2.55. The van der Waals surface area contributed by atoms with E-state index in [9.17, 15) is 4.79 Å². The highest BCUT2D eigenvalue weighted by molar-refractivity contribution is 9.10. The summed E-state index contributed by atoms with van der Waals surface area (Å²) >= 11 is 4.78. The second kappa shape index (κ2) is 5.19. The Morgan fingerprint density at radius 1 is 1.32 bits per heavy atom. The molecule has 1 aliphatic rings. The van der Waals surface area contributed by atoms with Gasteiger partial charge in [0.1, 0.15) is 5.50 Å². The Hall–Kier alpha value is -0.980. The Bertz CT molecular complexity index is 562. The van der Waals surface area contributed by atoms with E-state index in [1.165, 1.54) is 11.8 Å². The number of hydrogen-bond acceptors (Lipinski definition) is 4. The monoisotopic (exact) mass is 341 g/mol. The highest BCUT2D eigenvalue weighted by Crippen LogP contribution is 2.41. The van der Waals surface area contributed by atoms with Gasteiger partial charge in [0, 0.05) is 15.9 Å². The number of nitrogens with two attached hydrogens (primary N) is 2. The minimum Gasteiger partial charge on any atom is -0.365 e. The summed E-state index contributed by atoms with van der Waals surface area (Å²) in [4.78, 5) is 13.9. The second-order valence-corrected chi connectivity index (χ2v) is 6.59. The lowest BCUT2D eigenvalue weighted by molar-refractivity contribution is -0.113. The molecule has 0 aliphatic carbocycles. The van der Waals surface area contributed by atoms with Gasteiger partial charge in [0.15, 0.2) is 0 Å². The summed E-state index contributed by atoms with van der Waals surface area (Å²) in [6, 6.07) is 4.07. The fourth-order valence-electron chi connectivity index (χ4n) is 2.37. The van der Waals surface area contributed by atoms with E-state index in [1.54, 1.807) is 0 Å². The summed E-state index contributed by atoms with van der Waals surface area (Å²) in [7, 11) is 0. The lowest BCUT2D eigenvalue weighted by Gasteiger charge is -2.28. The van der Waals surface area contributed by atoms with E-state index in [-0.39, 0.29) is 5.50 Å². The third-order valence-electron chi connectivity index (χ3n) is 3.10. The number of rotatable bonds is 2. The molecule has 1 heterocycles. The molecule has 1 aliphatic heterocycles. The van der Waals surface area contributed by atoms with Crippen LogP contribution in [0.2, 0.25) is 0 Å². The van der Waals surface area contributed by atoms with E-state index in [0.29, 0.717) is 4.91 Å². The standard InChI is InChI=1S/C13H16BrN3OS/c1-6-4-9(14)5-7(2)10(6)17-8(3)11(12(15)18)19-13(17)16/h4-5,13H,16H2,1-3H3,(H2,15,18). The second-order valence-electron chi connectivity index (χ2n) is 4.55. The molecule has 0 spiro atoms. The number of halogens is 1. The number of benzene rings is 1. The van der Waals surface area contributed by atoms with Gasteiger partial charge >= 0.3 is 0 Å². The van der Waals surface area contributed by atoms with Crippen molar-refractivity contribution in [2.75, 3.05) is 4.90 Å². The van der Waals surface area contributed by atoms with Crippen molar-refractivity contribution < 1.29 is 4.79 Å². The molecule has 4 nitrogen and oxygen atoms in total. The van der Waals surface area contributed by atoms with Crippen molar-refractivity contribution in [2.45, 2.75) is 26.3 Å². The van der Waals surface area contributed by atoms with Crippen LogP contribution in [0.1, 0.15) is 18.1 Å². The SMILES string of the molecule is CC1=C(C(N)=O)SC(N)N1c1c(C)cc(Br)cc1C. The van der Waals surface area contributed by atoms with Crippen molar-refractivity contribution in [2.24, 2.45) is 11.5 Å². The van der Waals surface area contributed by atoms with Crippen molar-refractivity contribution in [3.05, 3.63) is 38.3 Å². The van der Waals surface area contributed by atoms with E-state index < -0.39 is 5.91 Å². The fourth-order valence-corrected chi connectivity index (χ4v) is 4.06. The molecule has 2 rings (SSSR count). The third-order valence-corrected chi connectivity index (χ3v) is 4.75. The van der Waals surface area contributed by atoms with Gasteiger partial charge < -0.3 is 16.4 Å². The minimum atomic E-state index is -0.423. The van der Waals surface area contributed by atoms with Crippen LogP contribution in [0.3, 0.4) is 0 Å². The molecule has 0 radical (unpaired) electrons. The maximum absolute atomic E-state index is 11.4. The third kappa shape index (κ3) is 2.52. The quantitative estimate of drug-likeness (QED) is 0.867. The number of anilines is 1. The Morgan fingerprint density at radius 3 is 2.26 bits per heavy atom. The molecule has 1 amide bonds. The number of aryl methyl sites for hydroxylation is 2. The number of nitrogens with zero attached hydrogens (tertiary/aromatic N) is 1. The molecule has 0 bridgehead atoms. The van der Waals surface area contributed by atoms with E-state index in [4.69, 9.17) is 11.5 Å².